The highest BCUT2D eigenvalue weighted by Crippen LogP contribution is 2.32. The standard InChI is InChI=1S/C7H10O5.C5H7NO2/c8-7(9)12-5-3-11-6-4(5)1-2-10-6;1-3-2-4(7)6-5(3)8/h4-6H,1-3H2,(H,8,9);3H,2H2,1H3,(H,6,7,8)/t4?,5?,6-;3-/m10/s1. The summed E-state index contributed by atoms with van der Waals surface area (Å²) in [6.45, 7) is 2.69. The van der Waals surface area contributed by atoms with Crippen LogP contribution in [0.15, 0.2) is 0 Å². The summed E-state index contributed by atoms with van der Waals surface area (Å²) >= 11 is 0. The molecule has 3 saturated heterocycles. The first-order valence-electron chi connectivity index (χ1n) is 6.44. The van der Waals surface area contributed by atoms with Gasteiger partial charge in [-0.2, -0.15) is 0 Å². The van der Waals surface area contributed by atoms with Crippen molar-refractivity contribution in [3.05, 3.63) is 0 Å². The summed E-state index contributed by atoms with van der Waals surface area (Å²) in [7, 11) is 0. The Hall–Kier alpha value is -1.67. The number of carbonyl (C=O) groups excluding carboxylic acids is 2. The van der Waals surface area contributed by atoms with E-state index < -0.39 is 6.16 Å². The normalized spacial score (nSPS) is 35.0. The van der Waals surface area contributed by atoms with Crippen molar-refractivity contribution in [3.63, 3.8) is 0 Å². The molecule has 3 aliphatic heterocycles. The van der Waals surface area contributed by atoms with Crippen LogP contribution in [0.5, 0.6) is 0 Å². The first-order chi connectivity index (χ1) is 9.47. The monoisotopic (exact) mass is 287 g/mol. The molecule has 3 heterocycles. The van der Waals surface area contributed by atoms with E-state index in [1.807, 2.05) is 0 Å². The van der Waals surface area contributed by atoms with E-state index in [0.29, 0.717) is 19.6 Å². The number of hydrogen-bond acceptors (Lipinski definition) is 6. The Labute approximate surface area is 115 Å². The number of amides is 2. The van der Waals surface area contributed by atoms with Gasteiger partial charge in [-0.1, -0.05) is 6.92 Å². The topological polar surface area (TPSA) is 111 Å². The summed E-state index contributed by atoms with van der Waals surface area (Å²) in [4.78, 5) is 31.0. The van der Waals surface area contributed by atoms with Gasteiger partial charge in [0.1, 0.15) is 6.10 Å². The van der Waals surface area contributed by atoms with E-state index in [2.05, 4.69) is 10.1 Å². The molecule has 3 rings (SSSR count). The Morgan fingerprint density at radius 2 is 2.15 bits per heavy atom. The van der Waals surface area contributed by atoms with Crippen molar-refractivity contribution in [2.45, 2.75) is 32.2 Å². The minimum absolute atomic E-state index is 0.0982. The predicted octanol–water partition coefficient (Wildman–Crippen LogP) is 0.111. The average molecular weight is 287 g/mol. The zero-order chi connectivity index (χ0) is 14.7. The summed E-state index contributed by atoms with van der Waals surface area (Å²) in [5.74, 6) is -0.305. The van der Waals surface area contributed by atoms with Gasteiger partial charge in [0.2, 0.25) is 11.8 Å². The number of fused-ring (bicyclic) bond motifs is 1. The zero-order valence-corrected chi connectivity index (χ0v) is 11.0. The molecule has 8 heteroatoms. The van der Waals surface area contributed by atoms with Gasteiger partial charge in [0.25, 0.3) is 0 Å². The number of hydrogen-bond donors (Lipinski definition) is 2. The number of carbonyl (C=O) groups is 3. The van der Waals surface area contributed by atoms with E-state index in [1.54, 1.807) is 6.92 Å². The molecule has 0 aromatic rings. The second-order valence-corrected chi connectivity index (χ2v) is 4.96. The Kier molecular flexibility index (Phi) is 4.56. The molecule has 3 fully saturated rings. The molecule has 0 radical (unpaired) electrons. The molecule has 0 saturated carbocycles. The maximum atomic E-state index is 10.5. The predicted molar refractivity (Wildman–Crippen MR) is 63.6 cm³/mol. The highest BCUT2D eigenvalue weighted by Gasteiger charge is 2.43. The second-order valence-electron chi connectivity index (χ2n) is 4.96. The van der Waals surface area contributed by atoms with E-state index in [1.165, 1.54) is 0 Å². The van der Waals surface area contributed by atoms with Crippen LogP contribution in [0.1, 0.15) is 19.8 Å². The van der Waals surface area contributed by atoms with E-state index in [0.717, 1.165) is 6.42 Å². The smallest absolute Gasteiger partial charge is 0.450 e. The van der Waals surface area contributed by atoms with E-state index in [4.69, 9.17) is 14.6 Å². The van der Waals surface area contributed by atoms with Crippen LogP contribution in [0, 0.1) is 11.8 Å². The zero-order valence-electron chi connectivity index (χ0n) is 11.0. The van der Waals surface area contributed by atoms with Crippen molar-refractivity contribution in [2.24, 2.45) is 11.8 Å². The lowest BCUT2D eigenvalue weighted by Gasteiger charge is -2.12. The third-order valence-corrected chi connectivity index (χ3v) is 3.44. The molecule has 20 heavy (non-hydrogen) atoms. The molecule has 0 bridgehead atoms. The first-order valence-corrected chi connectivity index (χ1v) is 6.44. The molecular weight excluding hydrogens is 270 g/mol. The second kappa shape index (κ2) is 6.19. The lowest BCUT2D eigenvalue weighted by atomic mass is 10.0. The molecule has 0 spiro atoms. The van der Waals surface area contributed by atoms with Gasteiger partial charge in [0.15, 0.2) is 6.29 Å². The van der Waals surface area contributed by atoms with Gasteiger partial charge in [0.05, 0.1) is 19.1 Å². The van der Waals surface area contributed by atoms with E-state index >= 15 is 0 Å². The van der Waals surface area contributed by atoms with Crippen LogP contribution >= 0.6 is 0 Å². The Morgan fingerprint density at radius 1 is 1.40 bits per heavy atom. The van der Waals surface area contributed by atoms with Gasteiger partial charge in [-0.15, -0.1) is 0 Å². The molecule has 0 aliphatic carbocycles. The lowest BCUT2D eigenvalue weighted by molar-refractivity contribution is -0.125. The van der Waals surface area contributed by atoms with Crippen molar-refractivity contribution < 1.29 is 33.7 Å². The highest BCUT2D eigenvalue weighted by atomic mass is 16.7. The highest BCUT2D eigenvalue weighted by molar-refractivity contribution is 6.03. The molecule has 0 aromatic carbocycles. The number of carboxylic acid groups (broad SMARTS) is 1. The van der Waals surface area contributed by atoms with Crippen molar-refractivity contribution in [1.29, 1.82) is 0 Å². The number of nitrogens with one attached hydrogen (secondary N) is 1. The van der Waals surface area contributed by atoms with Crippen LogP contribution in [0.2, 0.25) is 0 Å². The van der Waals surface area contributed by atoms with Crippen molar-refractivity contribution in [2.75, 3.05) is 13.2 Å². The summed E-state index contributed by atoms with van der Waals surface area (Å²) in [5.41, 5.74) is 0. The van der Waals surface area contributed by atoms with Gasteiger partial charge in [-0.05, 0) is 6.42 Å². The van der Waals surface area contributed by atoms with Crippen LogP contribution in [-0.4, -0.2) is 48.7 Å². The van der Waals surface area contributed by atoms with Gasteiger partial charge < -0.3 is 19.3 Å². The molecule has 4 atom stereocenters. The maximum absolute atomic E-state index is 10.5. The van der Waals surface area contributed by atoms with Crippen molar-refractivity contribution >= 4 is 18.0 Å². The van der Waals surface area contributed by atoms with Gasteiger partial charge in [-0.25, -0.2) is 4.79 Å². The molecular formula is C12H17NO7. The minimum Gasteiger partial charge on any atom is -0.450 e. The fourth-order valence-electron chi connectivity index (χ4n) is 2.36. The third kappa shape index (κ3) is 3.45. The largest absolute Gasteiger partial charge is 0.506 e. The Bertz CT molecular complexity index is 411. The molecule has 0 aromatic heterocycles. The molecule has 2 amide bonds. The fourth-order valence-corrected chi connectivity index (χ4v) is 2.36. The minimum atomic E-state index is -1.24. The quantitative estimate of drug-likeness (QED) is 0.520. The Balaban J connectivity index is 0.000000160. The van der Waals surface area contributed by atoms with Gasteiger partial charge >= 0.3 is 6.16 Å². The van der Waals surface area contributed by atoms with Crippen molar-refractivity contribution in [3.8, 4) is 0 Å². The molecule has 2 unspecified atom stereocenters. The lowest BCUT2D eigenvalue weighted by Crippen LogP contribution is -2.25. The third-order valence-electron chi connectivity index (χ3n) is 3.44. The summed E-state index contributed by atoms with van der Waals surface area (Å²) in [6.07, 6.45) is -0.637. The Morgan fingerprint density at radius 3 is 2.65 bits per heavy atom. The van der Waals surface area contributed by atoms with Crippen LogP contribution in [0.25, 0.3) is 0 Å². The molecule has 8 nitrogen and oxygen atoms in total. The first kappa shape index (κ1) is 14.7. The number of imide groups is 1. The average Bonchev–Trinajstić information content (AvgIpc) is 3.00. The van der Waals surface area contributed by atoms with Crippen LogP contribution in [-0.2, 0) is 23.8 Å². The van der Waals surface area contributed by atoms with Gasteiger partial charge in [0, 0.05) is 12.3 Å². The fraction of sp³-hybridized carbons (Fsp3) is 0.750. The molecule has 112 valence electrons. The summed E-state index contributed by atoms with van der Waals surface area (Å²) < 4.78 is 15.0. The van der Waals surface area contributed by atoms with Crippen LogP contribution in [0.4, 0.5) is 4.79 Å². The summed E-state index contributed by atoms with van der Waals surface area (Å²) in [6, 6.07) is 0. The van der Waals surface area contributed by atoms with Crippen LogP contribution < -0.4 is 5.32 Å². The number of ether oxygens (including phenoxy) is 3. The SMILES string of the molecule is C[C@H]1CC(=O)NC1=O.O=C(O)OC1CO[C@H]2OCCC12. The van der Waals surface area contributed by atoms with E-state index in [-0.39, 0.29) is 36.0 Å². The molecule has 3 aliphatic rings. The van der Waals surface area contributed by atoms with Crippen molar-refractivity contribution in [1.82, 2.24) is 5.32 Å². The summed E-state index contributed by atoms with van der Waals surface area (Å²) in [5, 5.41) is 10.6. The molecule has 2 N–H and O–H groups in total. The number of rotatable bonds is 1. The maximum Gasteiger partial charge on any atom is 0.506 e. The van der Waals surface area contributed by atoms with Gasteiger partial charge in [-0.3, -0.25) is 14.9 Å². The van der Waals surface area contributed by atoms with Crippen LogP contribution in [0.3, 0.4) is 0 Å². The van der Waals surface area contributed by atoms with E-state index in [9.17, 15) is 14.4 Å².